The fraction of sp³-hybridized carbons (Fsp3) is 0.200. The van der Waals surface area contributed by atoms with Gasteiger partial charge in [-0.1, -0.05) is 24.3 Å². The number of nitrogens with zero attached hydrogens (tertiary/aromatic N) is 1. The predicted molar refractivity (Wildman–Crippen MR) is 129 cm³/mol. The minimum atomic E-state index is -1.30. The van der Waals surface area contributed by atoms with E-state index in [1.165, 1.54) is 31.4 Å². The third-order valence-electron chi connectivity index (χ3n) is 5.63. The van der Waals surface area contributed by atoms with E-state index in [-0.39, 0.29) is 38.7 Å². The van der Waals surface area contributed by atoms with Gasteiger partial charge in [-0.2, -0.15) is 0 Å². The fourth-order valence-electron chi connectivity index (χ4n) is 4.04. The Morgan fingerprint density at radius 3 is 2.26 bits per heavy atom. The highest BCUT2D eigenvalue weighted by atomic mass is 32.1. The van der Waals surface area contributed by atoms with Gasteiger partial charge in [0.2, 0.25) is 0 Å². The Morgan fingerprint density at radius 1 is 1.09 bits per heavy atom. The molecule has 3 aromatic rings. The third-order valence-corrected chi connectivity index (χ3v) is 6.74. The molecule has 0 saturated heterocycles. The summed E-state index contributed by atoms with van der Waals surface area (Å²) in [4.78, 5) is 39.5. The Balaban J connectivity index is 2.08. The van der Waals surface area contributed by atoms with Crippen molar-refractivity contribution >= 4 is 40.8 Å². The van der Waals surface area contributed by atoms with Crippen molar-refractivity contribution in [3.8, 4) is 11.5 Å². The number of esters is 2. The first kappa shape index (κ1) is 24.0. The summed E-state index contributed by atoms with van der Waals surface area (Å²) in [5.74, 6) is -4.06. The average molecular weight is 495 g/mol. The number of thiazole rings is 1. The number of hydrogen-bond donors (Lipinski definition) is 3. The molecular formula is C25H22N2O7S. The van der Waals surface area contributed by atoms with E-state index in [1.807, 2.05) is 0 Å². The summed E-state index contributed by atoms with van der Waals surface area (Å²) in [5, 5.41) is 28.1. The second-order valence-corrected chi connectivity index (χ2v) is 8.77. The van der Waals surface area contributed by atoms with Crippen LogP contribution in [0, 0.1) is 11.3 Å². The van der Waals surface area contributed by atoms with Gasteiger partial charge in [0.15, 0.2) is 0 Å². The lowest BCUT2D eigenvalue weighted by molar-refractivity contribution is -0.143. The molecule has 0 bridgehead atoms. The Kier molecular flexibility index (Phi) is 6.57. The summed E-state index contributed by atoms with van der Waals surface area (Å²) in [6.45, 7) is 1.70. The first-order chi connectivity index (χ1) is 16.8. The number of aromatic hydroxyl groups is 2. The number of hydrogen-bond acceptors (Lipinski definition) is 9. The number of ether oxygens (including phenoxy) is 2. The topological polar surface area (TPSA) is 139 Å². The van der Waals surface area contributed by atoms with Crippen LogP contribution in [0.25, 0.3) is 11.6 Å². The maximum absolute atomic E-state index is 13.4. The van der Waals surface area contributed by atoms with Crippen LogP contribution in [0.4, 0.5) is 0 Å². The monoisotopic (exact) mass is 494 g/mol. The van der Waals surface area contributed by atoms with Crippen LogP contribution in [0.15, 0.2) is 53.3 Å². The molecule has 4 rings (SSSR count). The van der Waals surface area contributed by atoms with Crippen LogP contribution in [0.3, 0.4) is 0 Å². The molecule has 2 unspecified atom stereocenters. The highest BCUT2D eigenvalue weighted by molar-refractivity contribution is 7.07. The van der Waals surface area contributed by atoms with Crippen molar-refractivity contribution in [2.24, 2.45) is 5.92 Å². The van der Waals surface area contributed by atoms with Gasteiger partial charge >= 0.3 is 11.9 Å². The Bertz CT molecular complexity index is 1480. The Morgan fingerprint density at radius 2 is 1.69 bits per heavy atom. The van der Waals surface area contributed by atoms with Crippen molar-refractivity contribution in [1.29, 1.82) is 5.41 Å². The van der Waals surface area contributed by atoms with Crippen molar-refractivity contribution in [1.82, 2.24) is 4.57 Å². The van der Waals surface area contributed by atoms with Crippen molar-refractivity contribution < 1.29 is 29.3 Å². The van der Waals surface area contributed by atoms with Gasteiger partial charge in [0.05, 0.1) is 23.8 Å². The number of benzene rings is 2. The lowest BCUT2D eigenvalue weighted by Gasteiger charge is -2.31. The van der Waals surface area contributed by atoms with Crippen LogP contribution in [-0.2, 0) is 19.1 Å². The number of fused-ring (bicyclic) bond motifs is 1. The number of methoxy groups -OCH3 is 1. The molecule has 35 heavy (non-hydrogen) atoms. The lowest BCUT2D eigenvalue weighted by atomic mass is 9.78. The second kappa shape index (κ2) is 9.59. The van der Waals surface area contributed by atoms with E-state index in [4.69, 9.17) is 14.9 Å². The molecule has 0 spiro atoms. The van der Waals surface area contributed by atoms with Gasteiger partial charge < -0.3 is 19.7 Å². The Hall–Kier alpha value is -4.18. The van der Waals surface area contributed by atoms with Gasteiger partial charge in [-0.25, -0.2) is 4.79 Å². The van der Waals surface area contributed by atoms with Crippen molar-refractivity contribution in [3.05, 3.63) is 79.2 Å². The highest BCUT2D eigenvalue weighted by Crippen LogP contribution is 2.37. The molecule has 1 aromatic heterocycles. The molecule has 1 aliphatic heterocycles. The summed E-state index contributed by atoms with van der Waals surface area (Å²) in [6.07, 6.45) is 1.58. The van der Waals surface area contributed by atoms with Gasteiger partial charge in [0.25, 0.3) is 5.56 Å². The van der Waals surface area contributed by atoms with Crippen molar-refractivity contribution in [3.63, 3.8) is 0 Å². The SMILES string of the molecule is CCOC(=O)C1=c2s/c(=C\c3ccc(O)cc3)c(=O)n2C(=N)C(C(=O)OC)C1c1ccc(O)cc1. The second-order valence-electron chi connectivity index (χ2n) is 7.74. The Labute approximate surface area is 203 Å². The average Bonchev–Trinajstić information content (AvgIpc) is 3.16. The van der Waals surface area contributed by atoms with E-state index in [0.717, 1.165) is 15.9 Å². The van der Waals surface area contributed by atoms with Crippen LogP contribution in [-0.4, -0.2) is 46.3 Å². The normalized spacial score (nSPS) is 17.7. The van der Waals surface area contributed by atoms with Crippen LogP contribution < -0.4 is 14.8 Å². The standard InChI is InChI=1S/C25H22N2O7S/c1-3-34-25(32)20-18(14-6-10-16(29)11-7-14)19(24(31)33-2)21(26)27-22(30)17(35-23(20)27)12-13-4-8-15(28)9-5-13/h4-12,18-19,26,28-29H,3H2,1-2H3/b17-12-,26-21?. The molecule has 0 saturated carbocycles. The number of phenolic OH excluding ortho intramolecular Hbond substituents is 2. The molecule has 180 valence electrons. The van der Waals surface area contributed by atoms with Gasteiger partial charge in [-0.05, 0) is 48.4 Å². The highest BCUT2D eigenvalue weighted by Gasteiger charge is 2.45. The van der Waals surface area contributed by atoms with E-state index in [1.54, 1.807) is 37.3 Å². The molecule has 10 heteroatoms. The molecule has 9 nitrogen and oxygen atoms in total. The van der Waals surface area contributed by atoms with Crippen molar-refractivity contribution in [2.75, 3.05) is 13.7 Å². The predicted octanol–water partition coefficient (Wildman–Crippen LogP) is 1.28. The maximum Gasteiger partial charge on any atom is 0.337 e. The molecule has 0 amide bonds. The molecular weight excluding hydrogens is 472 g/mol. The first-order valence-electron chi connectivity index (χ1n) is 10.7. The molecule has 0 aliphatic carbocycles. The zero-order valence-corrected chi connectivity index (χ0v) is 19.7. The summed E-state index contributed by atoms with van der Waals surface area (Å²) in [6, 6.07) is 12.1. The van der Waals surface area contributed by atoms with Crippen LogP contribution >= 0.6 is 11.3 Å². The molecule has 1 aliphatic rings. The zero-order valence-electron chi connectivity index (χ0n) is 18.8. The van der Waals surface area contributed by atoms with E-state index < -0.39 is 29.3 Å². The summed E-state index contributed by atoms with van der Waals surface area (Å²) >= 11 is 1.00. The third kappa shape index (κ3) is 4.35. The van der Waals surface area contributed by atoms with Crippen LogP contribution in [0.2, 0.25) is 0 Å². The largest absolute Gasteiger partial charge is 0.508 e. The molecule has 0 radical (unpaired) electrons. The van der Waals surface area contributed by atoms with E-state index >= 15 is 0 Å². The zero-order chi connectivity index (χ0) is 25.3. The van der Waals surface area contributed by atoms with Gasteiger partial charge in [-0.3, -0.25) is 19.6 Å². The molecule has 0 fully saturated rings. The van der Waals surface area contributed by atoms with E-state index in [2.05, 4.69) is 0 Å². The summed E-state index contributed by atoms with van der Waals surface area (Å²) in [7, 11) is 1.17. The summed E-state index contributed by atoms with van der Waals surface area (Å²) < 4.78 is 11.7. The molecule has 2 aromatic carbocycles. The van der Waals surface area contributed by atoms with Crippen LogP contribution in [0.5, 0.6) is 11.5 Å². The first-order valence-corrected chi connectivity index (χ1v) is 11.5. The summed E-state index contributed by atoms with van der Waals surface area (Å²) in [5.41, 5.74) is 0.587. The van der Waals surface area contributed by atoms with Crippen molar-refractivity contribution in [2.45, 2.75) is 12.8 Å². The fourth-order valence-corrected chi connectivity index (χ4v) is 5.21. The van der Waals surface area contributed by atoms with Gasteiger partial charge in [0.1, 0.15) is 27.9 Å². The quantitative estimate of drug-likeness (QED) is 0.454. The number of phenols is 2. The lowest BCUT2D eigenvalue weighted by Crippen LogP contribution is -2.50. The number of nitrogens with one attached hydrogen (secondary N) is 1. The number of carbonyl (C=O) groups excluding carboxylic acids is 2. The molecule has 3 N–H and O–H groups in total. The maximum atomic E-state index is 13.4. The number of rotatable bonds is 5. The number of carbonyl (C=O) groups is 2. The van der Waals surface area contributed by atoms with E-state index in [0.29, 0.717) is 11.1 Å². The molecule has 2 heterocycles. The minimum Gasteiger partial charge on any atom is -0.508 e. The van der Waals surface area contributed by atoms with Gasteiger partial charge in [0, 0.05) is 5.92 Å². The van der Waals surface area contributed by atoms with Crippen LogP contribution in [0.1, 0.15) is 24.0 Å². The minimum absolute atomic E-state index is 0.00856. The molecule has 2 atom stereocenters. The smallest absolute Gasteiger partial charge is 0.337 e. The van der Waals surface area contributed by atoms with E-state index in [9.17, 15) is 24.6 Å². The van der Waals surface area contributed by atoms with Gasteiger partial charge in [-0.15, -0.1) is 11.3 Å². The number of aromatic nitrogens is 1.